The van der Waals surface area contributed by atoms with Gasteiger partial charge in [-0.05, 0) is 25.0 Å². The van der Waals surface area contributed by atoms with Crippen LogP contribution in [0.5, 0.6) is 0 Å². The Morgan fingerprint density at radius 1 is 1.36 bits per heavy atom. The zero-order valence-corrected chi connectivity index (χ0v) is 14.3. The summed E-state index contributed by atoms with van der Waals surface area (Å²) in [5, 5.41) is 16.5. The number of amides is 2. The predicted molar refractivity (Wildman–Crippen MR) is 94.0 cm³/mol. The van der Waals surface area contributed by atoms with Gasteiger partial charge in [-0.2, -0.15) is 5.10 Å². The van der Waals surface area contributed by atoms with Crippen LogP contribution in [0.3, 0.4) is 0 Å². The molecule has 0 spiro atoms. The average molecular weight is 342 g/mol. The first-order chi connectivity index (χ1) is 12.0. The molecule has 132 valence electrons. The molecular formula is C18H22N4O3. The number of urea groups is 1. The molecule has 0 aliphatic heterocycles. The van der Waals surface area contributed by atoms with Gasteiger partial charge in [-0.25, -0.2) is 9.48 Å². The van der Waals surface area contributed by atoms with Gasteiger partial charge in [0.25, 0.3) is 0 Å². The van der Waals surface area contributed by atoms with Crippen LogP contribution in [0.2, 0.25) is 0 Å². The fourth-order valence-electron chi connectivity index (χ4n) is 2.61. The van der Waals surface area contributed by atoms with Crippen molar-refractivity contribution >= 4 is 17.8 Å². The fourth-order valence-corrected chi connectivity index (χ4v) is 2.61. The summed E-state index contributed by atoms with van der Waals surface area (Å²) in [5.41, 5.74) is 1.84. The van der Waals surface area contributed by atoms with E-state index >= 15 is 0 Å². The van der Waals surface area contributed by atoms with Gasteiger partial charge in [0.1, 0.15) is 5.82 Å². The lowest BCUT2D eigenvalue weighted by molar-refractivity contribution is -0.141. The second-order valence-electron chi connectivity index (χ2n) is 6.53. The zero-order chi connectivity index (χ0) is 18.0. The number of carbonyl (C=O) groups excluding carboxylic acids is 1. The Morgan fingerprint density at radius 3 is 2.64 bits per heavy atom. The minimum absolute atomic E-state index is 0.135. The number of aromatic nitrogens is 2. The predicted octanol–water partition coefficient (Wildman–Crippen LogP) is 2.93. The van der Waals surface area contributed by atoms with Gasteiger partial charge in [-0.3, -0.25) is 10.1 Å². The highest BCUT2D eigenvalue weighted by Gasteiger charge is 2.28. The summed E-state index contributed by atoms with van der Waals surface area (Å²) in [7, 11) is 1.58. The molecule has 1 atom stereocenters. The molecule has 7 heteroatoms. The Morgan fingerprint density at radius 2 is 2.04 bits per heavy atom. The summed E-state index contributed by atoms with van der Waals surface area (Å²) in [6, 6.07) is 11.2. The zero-order valence-electron chi connectivity index (χ0n) is 14.3. The molecule has 1 unspecified atom stereocenters. The molecule has 1 aliphatic carbocycles. The van der Waals surface area contributed by atoms with E-state index in [1.54, 1.807) is 18.7 Å². The Kier molecular flexibility index (Phi) is 4.74. The summed E-state index contributed by atoms with van der Waals surface area (Å²) in [5.74, 6) is -0.500. The first-order valence-corrected chi connectivity index (χ1v) is 8.36. The third-order valence-corrected chi connectivity index (χ3v) is 4.28. The molecule has 1 saturated carbocycles. The topological polar surface area (TPSA) is 87.5 Å². The molecule has 2 N–H and O–H groups in total. The monoisotopic (exact) mass is 342 g/mol. The van der Waals surface area contributed by atoms with Crippen LogP contribution < -0.4 is 5.32 Å². The quantitative estimate of drug-likeness (QED) is 0.845. The first kappa shape index (κ1) is 17.0. The van der Waals surface area contributed by atoms with E-state index in [1.807, 2.05) is 36.4 Å². The Balaban J connectivity index is 1.79. The van der Waals surface area contributed by atoms with Crippen LogP contribution in [0, 0.1) is 5.92 Å². The van der Waals surface area contributed by atoms with E-state index in [4.69, 9.17) is 5.11 Å². The van der Waals surface area contributed by atoms with Crippen molar-refractivity contribution in [3.63, 3.8) is 0 Å². The smallest absolute Gasteiger partial charge is 0.322 e. The van der Waals surface area contributed by atoms with Crippen LogP contribution in [0.25, 0.3) is 5.69 Å². The lowest BCUT2D eigenvalue weighted by Gasteiger charge is -2.20. The lowest BCUT2D eigenvalue weighted by Crippen LogP contribution is -2.37. The molecule has 0 radical (unpaired) electrons. The second kappa shape index (κ2) is 6.96. The second-order valence-corrected chi connectivity index (χ2v) is 6.53. The molecule has 0 saturated heterocycles. The van der Waals surface area contributed by atoms with E-state index in [9.17, 15) is 9.59 Å². The molecule has 25 heavy (non-hydrogen) atoms. The normalized spacial score (nSPS) is 14.8. The Labute approximate surface area is 146 Å². The minimum atomic E-state index is -0.926. The van der Waals surface area contributed by atoms with Crippen molar-refractivity contribution in [1.29, 1.82) is 0 Å². The van der Waals surface area contributed by atoms with Gasteiger partial charge in [0.2, 0.25) is 0 Å². The lowest BCUT2D eigenvalue weighted by atomic mass is 10.2. The molecular weight excluding hydrogens is 320 g/mol. The number of nitrogens with one attached hydrogen (secondary N) is 1. The van der Waals surface area contributed by atoms with Gasteiger partial charge >= 0.3 is 12.0 Å². The maximum Gasteiger partial charge on any atom is 0.322 e. The number of anilines is 1. The van der Waals surface area contributed by atoms with E-state index in [2.05, 4.69) is 10.4 Å². The van der Waals surface area contributed by atoms with E-state index in [0.717, 1.165) is 24.2 Å². The number of benzene rings is 1. The summed E-state index contributed by atoms with van der Waals surface area (Å²) in [6.07, 6.45) is 2.24. The molecule has 2 aromatic rings. The maximum absolute atomic E-state index is 12.4. The Bertz CT molecular complexity index is 768. The van der Waals surface area contributed by atoms with Gasteiger partial charge in [0, 0.05) is 25.6 Å². The van der Waals surface area contributed by atoms with Crippen molar-refractivity contribution in [2.75, 3.05) is 18.9 Å². The third kappa shape index (κ3) is 3.99. The molecule has 7 nitrogen and oxygen atoms in total. The molecule has 3 rings (SSSR count). The highest BCUT2D eigenvalue weighted by atomic mass is 16.4. The highest BCUT2D eigenvalue weighted by molar-refractivity contribution is 5.89. The average Bonchev–Trinajstić information content (AvgIpc) is 3.36. The molecule has 0 bridgehead atoms. The van der Waals surface area contributed by atoms with Gasteiger partial charge < -0.3 is 10.0 Å². The van der Waals surface area contributed by atoms with Crippen LogP contribution in [0.1, 0.15) is 31.4 Å². The summed E-state index contributed by atoms with van der Waals surface area (Å²) in [4.78, 5) is 24.8. The van der Waals surface area contributed by atoms with Crippen molar-refractivity contribution in [3.05, 3.63) is 42.1 Å². The van der Waals surface area contributed by atoms with Crippen molar-refractivity contribution in [3.8, 4) is 5.69 Å². The van der Waals surface area contributed by atoms with Crippen molar-refractivity contribution in [2.24, 2.45) is 5.92 Å². The molecule has 1 heterocycles. The maximum atomic E-state index is 12.4. The van der Waals surface area contributed by atoms with Crippen LogP contribution in [-0.4, -0.2) is 45.4 Å². The largest absolute Gasteiger partial charge is 0.481 e. The Hall–Kier alpha value is -2.83. The van der Waals surface area contributed by atoms with E-state index in [-0.39, 0.29) is 12.6 Å². The molecule has 1 aromatic carbocycles. The molecule has 1 fully saturated rings. The standard InChI is InChI=1S/C18H22N4O3/c1-12(17(23)24)11-21(2)18(25)19-16-10-15(13-8-9-13)20-22(16)14-6-4-3-5-7-14/h3-7,10,12-13H,8-9,11H2,1-2H3,(H,19,25)(H,23,24). The number of carboxylic acid groups (broad SMARTS) is 1. The summed E-state index contributed by atoms with van der Waals surface area (Å²) >= 11 is 0. The van der Waals surface area contributed by atoms with Crippen LogP contribution in [0.4, 0.5) is 10.6 Å². The number of carbonyl (C=O) groups is 2. The third-order valence-electron chi connectivity index (χ3n) is 4.28. The van der Waals surface area contributed by atoms with Crippen LogP contribution in [-0.2, 0) is 4.79 Å². The van der Waals surface area contributed by atoms with Gasteiger partial charge in [-0.1, -0.05) is 25.1 Å². The van der Waals surface area contributed by atoms with E-state index in [0.29, 0.717) is 11.7 Å². The number of aliphatic carboxylic acids is 1. The van der Waals surface area contributed by atoms with Crippen molar-refractivity contribution < 1.29 is 14.7 Å². The minimum Gasteiger partial charge on any atom is -0.481 e. The van der Waals surface area contributed by atoms with Crippen molar-refractivity contribution in [2.45, 2.75) is 25.7 Å². The first-order valence-electron chi connectivity index (χ1n) is 8.36. The number of para-hydroxylation sites is 1. The van der Waals surface area contributed by atoms with Gasteiger partial charge in [0.05, 0.1) is 17.3 Å². The number of carboxylic acids is 1. The van der Waals surface area contributed by atoms with Crippen molar-refractivity contribution in [1.82, 2.24) is 14.7 Å². The van der Waals surface area contributed by atoms with Gasteiger partial charge in [-0.15, -0.1) is 0 Å². The highest BCUT2D eigenvalue weighted by Crippen LogP contribution is 2.40. The molecule has 2 amide bonds. The number of rotatable bonds is 6. The molecule has 1 aromatic heterocycles. The number of hydrogen-bond donors (Lipinski definition) is 2. The van der Waals surface area contributed by atoms with E-state index < -0.39 is 11.9 Å². The SMILES string of the molecule is CC(CN(C)C(=O)Nc1cc(C2CC2)nn1-c1ccccc1)C(=O)O. The fraction of sp³-hybridized carbons (Fsp3) is 0.389. The number of hydrogen-bond acceptors (Lipinski definition) is 3. The van der Waals surface area contributed by atoms with Crippen LogP contribution >= 0.6 is 0 Å². The summed E-state index contributed by atoms with van der Waals surface area (Å²) < 4.78 is 1.72. The van der Waals surface area contributed by atoms with Gasteiger partial charge in [0.15, 0.2) is 0 Å². The molecule has 1 aliphatic rings. The van der Waals surface area contributed by atoms with E-state index in [1.165, 1.54) is 4.90 Å². The van der Waals surface area contributed by atoms with Crippen LogP contribution in [0.15, 0.2) is 36.4 Å². The number of nitrogens with zero attached hydrogens (tertiary/aromatic N) is 3. The summed E-state index contributed by atoms with van der Waals surface area (Å²) in [6.45, 7) is 1.71.